The number of thioether (sulfide) groups is 1. The van der Waals surface area contributed by atoms with Crippen LogP contribution in [-0.4, -0.2) is 36.1 Å². The molecule has 2 aromatic carbocycles. The van der Waals surface area contributed by atoms with Crippen LogP contribution < -0.4 is 5.32 Å². The highest BCUT2D eigenvalue weighted by Gasteiger charge is 2.14. The van der Waals surface area contributed by atoms with Gasteiger partial charge in [0, 0.05) is 23.5 Å². The van der Waals surface area contributed by atoms with E-state index in [4.69, 9.17) is 11.6 Å². The van der Waals surface area contributed by atoms with Crippen molar-refractivity contribution < 1.29 is 9.59 Å². The maximum absolute atomic E-state index is 12.2. The van der Waals surface area contributed by atoms with E-state index in [1.807, 2.05) is 56.3 Å². The highest BCUT2D eigenvalue weighted by molar-refractivity contribution is 7.99. The molecule has 0 aliphatic heterocycles. The first-order chi connectivity index (χ1) is 12.3. The molecule has 0 saturated heterocycles. The van der Waals surface area contributed by atoms with Crippen molar-refractivity contribution >= 4 is 40.9 Å². The summed E-state index contributed by atoms with van der Waals surface area (Å²) in [5.41, 5.74) is 3.97. The molecule has 4 nitrogen and oxygen atoms in total. The average Bonchev–Trinajstić information content (AvgIpc) is 2.59. The van der Waals surface area contributed by atoms with Gasteiger partial charge in [-0.1, -0.05) is 35.9 Å². The lowest BCUT2D eigenvalue weighted by molar-refractivity contribution is -0.131. The molecule has 0 aliphatic rings. The first kappa shape index (κ1) is 20.3. The van der Waals surface area contributed by atoms with Crippen molar-refractivity contribution in [3.8, 4) is 0 Å². The normalized spacial score (nSPS) is 10.5. The Hall–Kier alpha value is -1.98. The minimum absolute atomic E-state index is 0.0354. The summed E-state index contributed by atoms with van der Waals surface area (Å²) in [6.07, 6.45) is 0. The molecule has 0 aromatic heterocycles. The van der Waals surface area contributed by atoms with E-state index in [2.05, 4.69) is 5.32 Å². The third-order valence-electron chi connectivity index (χ3n) is 3.88. The number of likely N-dealkylation sites (N-methyl/N-ethyl adjacent to an activating group) is 1. The number of nitrogens with one attached hydrogen (secondary N) is 1. The van der Waals surface area contributed by atoms with Crippen LogP contribution in [0.4, 0.5) is 5.69 Å². The van der Waals surface area contributed by atoms with Crippen molar-refractivity contribution in [1.29, 1.82) is 0 Å². The molecule has 138 valence electrons. The maximum Gasteiger partial charge on any atom is 0.243 e. The summed E-state index contributed by atoms with van der Waals surface area (Å²) in [5.74, 6) is 0.790. The van der Waals surface area contributed by atoms with Gasteiger partial charge in [0.15, 0.2) is 0 Å². The Morgan fingerprint density at radius 1 is 1.12 bits per heavy atom. The van der Waals surface area contributed by atoms with E-state index in [9.17, 15) is 9.59 Å². The minimum Gasteiger partial charge on any atom is -0.336 e. The van der Waals surface area contributed by atoms with Crippen LogP contribution in [0, 0.1) is 13.8 Å². The Morgan fingerprint density at radius 2 is 1.81 bits per heavy atom. The zero-order valence-electron chi connectivity index (χ0n) is 15.2. The average molecular weight is 391 g/mol. The van der Waals surface area contributed by atoms with E-state index in [0.29, 0.717) is 10.8 Å². The summed E-state index contributed by atoms with van der Waals surface area (Å²) in [5, 5.41) is 3.57. The van der Waals surface area contributed by atoms with Crippen LogP contribution in [0.25, 0.3) is 0 Å². The molecule has 26 heavy (non-hydrogen) atoms. The van der Waals surface area contributed by atoms with Gasteiger partial charge in [-0.3, -0.25) is 9.59 Å². The van der Waals surface area contributed by atoms with Gasteiger partial charge in [-0.15, -0.1) is 11.8 Å². The largest absolute Gasteiger partial charge is 0.336 e. The minimum atomic E-state index is -0.197. The summed E-state index contributed by atoms with van der Waals surface area (Å²) >= 11 is 7.38. The quantitative estimate of drug-likeness (QED) is 0.767. The number of rotatable bonds is 7. The third-order valence-corrected chi connectivity index (χ3v) is 5.12. The van der Waals surface area contributed by atoms with Gasteiger partial charge in [-0.2, -0.15) is 0 Å². The molecule has 0 saturated carbocycles. The molecule has 0 fully saturated rings. The molecule has 2 aromatic rings. The molecule has 2 rings (SSSR count). The van der Waals surface area contributed by atoms with Gasteiger partial charge >= 0.3 is 0 Å². The van der Waals surface area contributed by atoms with Crippen molar-refractivity contribution in [1.82, 2.24) is 4.90 Å². The molecule has 0 aliphatic carbocycles. The molecule has 0 atom stereocenters. The third kappa shape index (κ3) is 6.39. The number of hydrogen-bond acceptors (Lipinski definition) is 3. The van der Waals surface area contributed by atoms with Crippen LogP contribution in [0.3, 0.4) is 0 Å². The number of anilines is 1. The summed E-state index contributed by atoms with van der Waals surface area (Å²) in [6, 6.07) is 13.5. The van der Waals surface area contributed by atoms with E-state index < -0.39 is 0 Å². The molecule has 2 amide bonds. The zero-order valence-corrected chi connectivity index (χ0v) is 16.8. The summed E-state index contributed by atoms with van der Waals surface area (Å²) < 4.78 is 0. The van der Waals surface area contributed by atoms with Crippen LogP contribution >= 0.6 is 23.4 Å². The fourth-order valence-electron chi connectivity index (χ4n) is 2.31. The highest BCUT2D eigenvalue weighted by Crippen LogP contribution is 2.17. The topological polar surface area (TPSA) is 49.4 Å². The van der Waals surface area contributed by atoms with Gasteiger partial charge in [-0.05, 0) is 48.7 Å². The van der Waals surface area contributed by atoms with Crippen LogP contribution in [0.15, 0.2) is 42.5 Å². The molecule has 0 spiro atoms. The van der Waals surface area contributed by atoms with E-state index in [1.54, 1.807) is 7.05 Å². The summed E-state index contributed by atoms with van der Waals surface area (Å²) in [7, 11) is 1.65. The monoisotopic (exact) mass is 390 g/mol. The predicted octanol–water partition coefficient (Wildman–Crippen LogP) is 4.29. The first-order valence-electron chi connectivity index (χ1n) is 8.28. The molecule has 1 N–H and O–H groups in total. The van der Waals surface area contributed by atoms with Gasteiger partial charge in [0.2, 0.25) is 11.8 Å². The Bertz CT molecular complexity index is 778. The number of carbonyl (C=O) groups is 2. The number of halogens is 1. The highest BCUT2D eigenvalue weighted by atomic mass is 35.5. The standard InChI is InChI=1S/C20H23ClN2O2S/c1-14-4-5-15(2)18(10-14)22-19(24)11-23(3)20(25)13-26-12-16-6-8-17(21)9-7-16/h4-10H,11-13H2,1-3H3,(H,22,24). The smallest absolute Gasteiger partial charge is 0.243 e. The van der Waals surface area contributed by atoms with Gasteiger partial charge in [-0.25, -0.2) is 0 Å². The summed E-state index contributed by atoms with van der Waals surface area (Å²) in [6.45, 7) is 3.95. The second-order valence-corrected chi connectivity index (χ2v) is 7.66. The van der Waals surface area contributed by atoms with Gasteiger partial charge < -0.3 is 10.2 Å². The molecule has 0 heterocycles. The number of carbonyl (C=O) groups excluding carboxylic acids is 2. The van der Waals surface area contributed by atoms with Gasteiger partial charge in [0.25, 0.3) is 0 Å². The van der Waals surface area contributed by atoms with Crippen LogP contribution in [-0.2, 0) is 15.3 Å². The van der Waals surface area contributed by atoms with Crippen molar-refractivity contribution in [2.45, 2.75) is 19.6 Å². The molecular formula is C20H23ClN2O2S. The van der Waals surface area contributed by atoms with E-state index in [-0.39, 0.29) is 18.4 Å². The lowest BCUT2D eigenvalue weighted by Crippen LogP contribution is -2.36. The lowest BCUT2D eigenvalue weighted by Gasteiger charge is -2.17. The summed E-state index contributed by atoms with van der Waals surface area (Å²) in [4.78, 5) is 25.8. The number of nitrogens with zero attached hydrogens (tertiary/aromatic N) is 1. The van der Waals surface area contributed by atoms with Crippen LogP contribution in [0.1, 0.15) is 16.7 Å². The second-order valence-electron chi connectivity index (χ2n) is 6.24. The Balaban J connectivity index is 1.77. The predicted molar refractivity (Wildman–Crippen MR) is 110 cm³/mol. The number of amides is 2. The second kappa shape index (κ2) is 9.64. The first-order valence-corrected chi connectivity index (χ1v) is 9.81. The number of hydrogen-bond donors (Lipinski definition) is 1. The van der Waals surface area contributed by atoms with Crippen molar-refractivity contribution in [2.24, 2.45) is 0 Å². The molecule has 0 unspecified atom stereocenters. The molecule has 6 heteroatoms. The molecular weight excluding hydrogens is 368 g/mol. The van der Waals surface area contributed by atoms with Crippen molar-refractivity contribution in [3.05, 3.63) is 64.2 Å². The maximum atomic E-state index is 12.2. The fourth-order valence-corrected chi connectivity index (χ4v) is 3.36. The SMILES string of the molecule is Cc1ccc(C)c(NC(=O)CN(C)C(=O)CSCc2ccc(Cl)cc2)c1. The Morgan fingerprint density at radius 3 is 2.50 bits per heavy atom. The molecule has 0 bridgehead atoms. The Labute approximate surface area is 163 Å². The fraction of sp³-hybridized carbons (Fsp3) is 0.300. The van der Waals surface area contributed by atoms with Crippen molar-refractivity contribution in [2.75, 3.05) is 24.7 Å². The van der Waals surface area contributed by atoms with E-state index >= 15 is 0 Å². The Kier molecular flexibility index (Phi) is 7.54. The number of benzene rings is 2. The van der Waals surface area contributed by atoms with Crippen LogP contribution in [0.2, 0.25) is 5.02 Å². The van der Waals surface area contributed by atoms with Crippen molar-refractivity contribution in [3.63, 3.8) is 0 Å². The lowest BCUT2D eigenvalue weighted by atomic mass is 10.1. The zero-order chi connectivity index (χ0) is 19.1. The van der Waals surface area contributed by atoms with E-state index in [1.165, 1.54) is 16.7 Å². The van der Waals surface area contributed by atoms with Gasteiger partial charge in [0.05, 0.1) is 12.3 Å². The van der Waals surface area contributed by atoms with Gasteiger partial charge in [0.1, 0.15) is 0 Å². The number of aryl methyl sites for hydroxylation is 2. The van der Waals surface area contributed by atoms with Crippen LogP contribution in [0.5, 0.6) is 0 Å². The molecule has 0 radical (unpaired) electrons. The van der Waals surface area contributed by atoms with E-state index in [0.717, 1.165) is 28.1 Å².